The topological polar surface area (TPSA) is 38.9 Å². The number of anilines is 1. The number of aromatic nitrogens is 1. The van der Waals surface area contributed by atoms with Gasteiger partial charge in [-0.3, -0.25) is 4.98 Å². The maximum atomic E-state index is 12.5. The third kappa shape index (κ3) is 3.90. The maximum absolute atomic E-state index is 12.5. The van der Waals surface area contributed by atoms with E-state index in [1.165, 1.54) is 17.8 Å². The Hall–Kier alpha value is -1.69. The molecule has 106 valence electrons. The van der Waals surface area contributed by atoms with E-state index in [9.17, 15) is 13.2 Å². The molecule has 0 aliphatic heterocycles. The maximum Gasteiger partial charge on any atom is 0.416 e. The highest BCUT2D eigenvalue weighted by Gasteiger charge is 2.30. The molecule has 0 spiro atoms. The Morgan fingerprint density at radius 1 is 1.15 bits per heavy atom. The van der Waals surface area contributed by atoms with Crippen LogP contribution in [0.25, 0.3) is 0 Å². The van der Waals surface area contributed by atoms with Crippen LogP contribution in [0.4, 0.5) is 18.9 Å². The van der Waals surface area contributed by atoms with E-state index in [4.69, 9.17) is 5.73 Å². The molecule has 2 N–H and O–H groups in total. The summed E-state index contributed by atoms with van der Waals surface area (Å²) in [5.41, 5.74) is 6.05. The van der Waals surface area contributed by atoms with Crippen LogP contribution in [-0.2, 0) is 12.6 Å². The zero-order valence-corrected chi connectivity index (χ0v) is 11.3. The first-order chi connectivity index (χ1) is 9.47. The number of nitrogens with two attached hydrogens (primary N) is 1. The molecule has 0 radical (unpaired) electrons. The number of pyridine rings is 1. The lowest BCUT2D eigenvalue weighted by Gasteiger charge is -2.10. The molecule has 0 fully saturated rings. The highest BCUT2D eigenvalue weighted by molar-refractivity contribution is 7.99. The molecule has 0 saturated heterocycles. The summed E-state index contributed by atoms with van der Waals surface area (Å²) in [4.78, 5) is 4.85. The van der Waals surface area contributed by atoms with Gasteiger partial charge in [-0.15, -0.1) is 11.8 Å². The van der Waals surface area contributed by atoms with Crippen molar-refractivity contribution in [2.45, 2.75) is 17.5 Å². The SMILES string of the molecule is Nc1cc(C(F)(F)F)ccc1SCCc1ccccn1. The first-order valence-electron chi connectivity index (χ1n) is 5.96. The summed E-state index contributed by atoms with van der Waals surface area (Å²) in [6, 6.07) is 9.10. The summed E-state index contributed by atoms with van der Waals surface area (Å²) in [7, 11) is 0. The van der Waals surface area contributed by atoms with Gasteiger partial charge in [0.1, 0.15) is 0 Å². The second-order valence-electron chi connectivity index (χ2n) is 4.17. The third-order valence-corrected chi connectivity index (χ3v) is 3.77. The average molecular weight is 298 g/mol. The van der Waals surface area contributed by atoms with Crippen LogP contribution < -0.4 is 5.73 Å². The van der Waals surface area contributed by atoms with Crippen molar-refractivity contribution < 1.29 is 13.2 Å². The van der Waals surface area contributed by atoms with E-state index in [1.54, 1.807) is 6.20 Å². The number of nitrogens with zero attached hydrogens (tertiary/aromatic N) is 1. The summed E-state index contributed by atoms with van der Waals surface area (Å²) >= 11 is 1.43. The monoisotopic (exact) mass is 298 g/mol. The van der Waals surface area contributed by atoms with Crippen molar-refractivity contribution in [3.63, 3.8) is 0 Å². The average Bonchev–Trinajstić information content (AvgIpc) is 2.40. The second-order valence-corrected chi connectivity index (χ2v) is 5.31. The number of aryl methyl sites for hydroxylation is 1. The van der Waals surface area contributed by atoms with Gasteiger partial charge in [-0.2, -0.15) is 13.2 Å². The van der Waals surface area contributed by atoms with Gasteiger partial charge in [0.25, 0.3) is 0 Å². The molecule has 1 aromatic heterocycles. The van der Waals surface area contributed by atoms with E-state index in [0.29, 0.717) is 10.6 Å². The van der Waals surface area contributed by atoms with E-state index in [-0.39, 0.29) is 5.69 Å². The second kappa shape index (κ2) is 6.17. The molecule has 0 atom stereocenters. The minimum Gasteiger partial charge on any atom is -0.398 e. The Balaban J connectivity index is 1.97. The fourth-order valence-corrected chi connectivity index (χ4v) is 2.59. The normalized spacial score (nSPS) is 11.6. The quantitative estimate of drug-likeness (QED) is 0.684. The zero-order valence-electron chi connectivity index (χ0n) is 10.5. The molecule has 0 bridgehead atoms. The molecule has 2 aromatic rings. The fraction of sp³-hybridized carbons (Fsp3) is 0.214. The lowest BCUT2D eigenvalue weighted by molar-refractivity contribution is -0.137. The molecule has 2 nitrogen and oxygen atoms in total. The van der Waals surface area contributed by atoms with Crippen molar-refractivity contribution in [1.82, 2.24) is 4.98 Å². The number of rotatable bonds is 4. The highest BCUT2D eigenvalue weighted by Crippen LogP contribution is 2.34. The van der Waals surface area contributed by atoms with Crippen LogP contribution in [-0.4, -0.2) is 10.7 Å². The van der Waals surface area contributed by atoms with Gasteiger partial charge in [-0.05, 0) is 36.8 Å². The third-order valence-electron chi connectivity index (χ3n) is 2.68. The van der Waals surface area contributed by atoms with Crippen LogP contribution in [0, 0.1) is 0 Å². The van der Waals surface area contributed by atoms with Crippen LogP contribution in [0.2, 0.25) is 0 Å². The molecule has 1 heterocycles. The molecule has 0 unspecified atom stereocenters. The summed E-state index contributed by atoms with van der Waals surface area (Å²) in [6.45, 7) is 0. The van der Waals surface area contributed by atoms with E-state index >= 15 is 0 Å². The molecule has 1 aromatic carbocycles. The summed E-state index contributed by atoms with van der Waals surface area (Å²) in [5, 5.41) is 0. The van der Waals surface area contributed by atoms with Gasteiger partial charge in [0.15, 0.2) is 0 Å². The van der Waals surface area contributed by atoms with Gasteiger partial charge in [0, 0.05) is 28.2 Å². The number of nitrogen functional groups attached to an aromatic ring is 1. The molecule has 2 rings (SSSR count). The molecule has 0 aliphatic rings. The highest BCUT2D eigenvalue weighted by atomic mass is 32.2. The number of halogens is 3. The molecular formula is C14H13F3N2S. The van der Waals surface area contributed by atoms with Gasteiger partial charge < -0.3 is 5.73 Å². The Bertz CT molecular complexity index is 570. The number of thioether (sulfide) groups is 1. The van der Waals surface area contributed by atoms with Crippen molar-refractivity contribution in [3.05, 3.63) is 53.9 Å². The molecule has 6 heteroatoms. The Morgan fingerprint density at radius 2 is 1.95 bits per heavy atom. The standard InChI is InChI=1S/C14H13F3N2S/c15-14(16,17)10-4-5-13(12(18)9-10)20-8-6-11-3-1-2-7-19-11/h1-5,7,9H,6,8,18H2. The molecule has 20 heavy (non-hydrogen) atoms. The summed E-state index contributed by atoms with van der Waals surface area (Å²) in [5.74, 6) is 0.715. The predicted octanol–water partition coefficient (Wildman–Crippen LogP) is 4.02. The fourth-order valence-electron chi connectivity index (χ4n) is 1.67. The largest absolute Gasteiger partial charge is 0.416 e. The predicted molar refractivity (Wildman–Crippen MR) is 74.5 cm³/mol. The Morgan fingerprint density at radius 3 is 2.55 bits per heavy atom. The van der Waals surface area contributed by atoms with E-state index in [2.05, 4.69) is 4.98 Å². The number of benzene rings is 1. The van der Waals surface area contributed by atoms with Crippen LogP contribution in [0.3, 0.4) is 0 Å². The van der Waals surface area contributed by atoms with Crippen molar-refractivity contribution in [1.29, 1.82) is 0 Å². The first kappa shape index (κ1) is 14.7. The zero-order chi connectivity index (χ0) is 14.6. The smallest absolute Gasteiger partial charge is 0.398 e. The van der Waals surface area contributed by atoms with Crippen molar-refractivity contribution >= 4 is 17.4 Å². The minimum absolute atomic E-state index is 0.158. The molecule has 0 saturated carbocycles. The molecule has 0 aliphatic carbocycles. The van der Waals surface area contributed by atoms with Crippen molar-refractivity contribution in [2.75, 3.05) is 11.5 Å². The Kier molecular flexibility index (Phi) is 4.54. The van der Waals surface area contributed by atoms with E-state index in [0.717, 1.165) is 24.2 Å². The van der Waals surface area contributed by atoms with E-state index < -0.39 is 11.7 Å². The number of alkyl halides is 3. The number of hydrogen-bond acceptors (Lipinski definition) is 3. The molecule has 0 amide bonds. The summed E-state index contributed by atoms with van der Waals surface area (Å²) < 4.78 is 37.5. The van der Waals surface area contributed by atoms with Crippen molar-refractivity contribution in [2.24, 2.45) is 0 Å². The molecular weight excluding hydrogens is 285 g/mol. The van der Waals surface area contributed by atoms with Crippen LogP contribution in [0.5, 0.6) is 0 Å². The number of hydrogen-bond donors (Lipinski definition) is 1. The van der Waals surface area contributed by atoms with Gasteiger partial charge in [0.2, 0.25) is 0 Å². The van der Waals surface area contributed by atoms with Crippen LogP contribution in [0.1, 0.15) is 11.3 Å². The summed E-state index contributed by atoms with van der Waals surface area (Å²) in [6.07, 6.45) is -1.90. The Labute approximate surface area is 119 Å². The van der Waals surface area contributed by atoms with Gasteiger partial charge >= 0.3 is 6.18 Å². The van der Waals surface area contributed by atoms with Crippen LogP contribution >= 0.6 is 11.8 Å². The van der Waals surface area contributed by atoms with Gasteiger partial charge in [0.05, 0.1) is 5.56 Å². The van der Waals surface area contributed by atoms with E-state index in [1.807, 2.05) is 18.2 Å². The van der Waals surface area contributed by atoms with Gasteiger partial charge in [-0.25, -0.2) is 0 Å². The minimum atomic E-state index is -4.36. The lowest BCUT2D eigenvalue weighted by atomic mass is 10.2. The van der Waals surface area contributed by atoms with Crippen LogP contribution in [0.15, 0.2) is 47.5 Å². The van der Waals surface area contributed by atoms with Gasteiger partial charge in [-0.1, -0.05) is 6.07 Å². The van der Waals surface area contributed by atoms with Crippen molar-refractivity contribution in [3.8, 4) is 0 Å². The first-order valence-corrected chi connectivity index (χ1v) is 6.95. The lowest BCUT2D eigenvalue weighted by Crippen LogP contribution is -2.06.